The van der Waals surface area contributed by atoms with Gasteiger partial charge in [-0.2, -0.15) is 20.0 Å². The largest absolute Gasteiger partial charge is 0.424 e. The van der Waals surface area contributed by atoms with Gasteiger partial charge in [0.2, 0.25) is 0 Å². The summed E-state index contributed by atoms with van der Waals surface area (Å²) in [6.45, 7) is 5.38. The van der Waals surface area contributed by atoms with Crippen molar-refractivity contribution in [2.24, 2.45) is 5.92 Å². The molecule has 2 aromatic carbocycles. The van der Waals surface area contributed by atoms with Gasteiger partial charge in [0.05, 0.1) is 24.0 Å². The van der Waals surface area contributed by atoms with Crippen LogP contribution in [-0.4, -0.2) is 49.9 Å². The summed E-state index contributed by atoms with van der Waals surface area (Å²) in [6, 6.07) is 11.5. The van der Waals surface area contributed by atoms with Gasteiger partial charge in [0, 0.05) is 18.1 Å². The predicted molar refractivity (Wildman–Crippen MR) is 127 cm³/mol. The molecule has 0 radical (unpaired) electrons. The molecule has 3 heterocycles. The van der Waals surface area contributed by atoms with Crippen LogP contribution in [0.15, 0.2) is 53.2 Å². The first-order valence-electron chi connectivity index (χ1n) is 11.1. The highest BCUT2D eigenvalue weighted by Gasteiger charge is 2.34. The number of hydrogen-bond donors (Lipinski definition) is 1. The minimum atomic E-state index is -0.0197. The van der Waals surface area contributed by atoms with Crippen LogP contribution in [-0.2, 0) is 0 Å². The minimum absolute atomic E-state index is 0.0104. The second-order valence-corrected chi connectivity index (χ2v) is 8.92. The summed E-state index contributed by atoms with van der Waals surface area (Å²) in [5, 5.41) is 12.4. The maximum absolute atomic E-state index is 13.8. The highest BCUT2D eigenvalue weighted by molar-refractivity contribution is 6.31. The standard InChI is InChI=1S/C24H25ClN6O2/c1-15-6-4-12-30(20(15)14-26-24-29-19-13-17(25)8-9-21(19)33-24)23(32)18-7-3-5-16(2)22(18)31-27-10-11-28-31/h3,5,7-11,13,15,20H,4,6,12,14H2,1-2H3,(H,26,29). The first-order chi connectivity index (χ1) is 16.0. The smallest absolute Gasteiger partial charge is 0.295 e. The third-order valence-electron chi connectivity index (χ3n) is 6.28. The van der Waals surface area contributed by atoms with E-state index in [0.29, 0.717) is 52.4 Å². The van der Waals surface area contributed by atoms with Crippen molar-refractivity contribution < 1.29 is 9.21 Å². The molecule has 0 bridgehead atoms. The molecule has 2 aromatic heterocycles. The Morgan fingerprint density at radius 3 is 2.88 bits per heavy atom. The Morgan fingerprint density at radius 1 is 1.24 bits per heavy atom. The number of benzene rings is 2. The molecule has 2 atom stereocenters. The highest BCUT2D eigenvalue weighted by Crippen LogP contribution is 2.29. The number of halogens is 1. The molecule has 1 aliphatic rings. The number of fused-ring (bicyclic) bond motifs is 1. The molecule has 0 saturated carbocycles. The Balaban J connectivity index is 1.41. The van der Waals surface area contributed by atoms with Crippen molar-refractivity contribution in [2.45, 2.75) is 32.7 Å². The number of nitrogens with zero attached hydrogens (tertiary/aromatic N) is 5. The SMILES string of the molecule is Cc1cccc(C(=O)N2CCCC(C)C2CNc2nc3cc(Cl)ccc3o2)c1-n1nccn1. The molecule has 9 heteroatoms. The van der Waals surface area contributed by atoms with Gasteiger partial charge in [0.15, 0.2) is 5.58 Å². The third-order valence-corrected chi connectivity index (χ3v) is 6.51. The number of anilines is 1. The number of aryl methyl sites for hydroxylation is 1. The molecule has 1 saturated heterocycles. The Labute approximate surface area is 196 Å². The Morgan fingerprint density at radius 2 is 2.06 bits per heavy atom. The number of para-hydroxylation sites is 1. The molecule has 5 rings (SSSR count). The highest BCUT2D eigenvalue weighted by atomic mass is 35.5. The van der Waals surface area contributed by atoms with E-state index in [1.807, 2.05) is 30.0 Å². The number of nitrogens with one attached hydrogen (secondary N) is 1. The number of carbonyl (C=O) groups is 1. The summed E-state index contributed by atoms with van der Waals surface area (Å²) >= 11 is 6.06. The first-order valence-corrected chi connectivity index (χ1v) is 11.5. The average Bonchev–Trinajstić information content (AvgIpc) is 3.47. The summed E-state index contributed by atoms with van der Waals surface area (Å²) in [6.07, 6.45) is 5.25. The van der Waals surface area contributed by atoms with E-state index in [4.69, 9.17) is 16.0 Å². The fourth-order valence-corrected chi connectivity index (χ4v) is 4.73. The molecule has 0 aliphatic carbocycles. The van der Waals surface area contributed by atoms with Crippen molar-refractivity contribution in [2.75, 3.05) is 18.4 Å². The van der Waals surface area contributed by atoms with E-state index in [1.165, 1.54) is 4.80 Å². The number of likely N-dealkylation sites (tertiary alicyclic amines) is 1. The van der Waals surface area contributed by atoms with E-state index in [1.54, 1.807) is 30.6 Å². The van der Waals surface area contributed by atoms with Crippen LogP contribution in [0.3, 0.4) is 0 Å². The summed E-state index contributed by atoms with van der Waals surface area (Å²) in [4.78, 5) is 21.8. The molecule has 2 unspecified atom stereocenters. The quantitative estimate of drug-likeness (QED) is 0.459. The van der Waals surface area contributed by atoms with Gasteiger partial charge in [-0.3, -0.25) is 4.79 Å². The Hall–Kier alpha value is -3.39. The lowest BCUT2D eigenvalue weighted by Crippen LogP contribution is -2.51. The molecule has 4 aromatic rings. The van der Waals surface area contributed by atoms with Gasteiger partial charge in [0.25, 0.3) is 11.9 Å². The zero-order valence-corrected chi connectivity index (χ0v) is 19.3. The van der Waals surface area contributed by atoms with E-state index in [9.17, 15) is 4.79 Å². The number of carbonyl (C=O) groups excluding carboxylic acids is 1. The summed E-state index contributed by atoms with van der Waals surface area (Å²) in [5.41, 5.74) is 3.63. The molecule has 1 amide bonds. The molecule has 0 spiro atoms. The number of amides is 1. The van der Waals surface area contributed by atoms with Crippen LogP contribution in [0.2, 0.25) is 5.02 Å². The van der Waals surface area contributed by atoms with Gasteiger partial charge in [-0.25, -0.2) is 0 Å². The molecule has 170 valence electrons. The second kappa shape index (κ2) is 8.86. The van der Waals surface area contributed by atoms with Crippen molar-refractivity contribution >= 4 is 34.6 Å². The van der Waals surface area contributed by atoms with E-state index in [-0.39, 0.29) is 11.9 Å². The van der Waals surface area contributed by atoms with E-state index >= 15 is 0 Å². The zero-order valence-electron chi connectivity index (χ0n) is 18.5. The van der Waals surface area contributed by atoms with Crippen molar-refractivity contribution in [1.29, 1.82) is 0 Å². The van der Waals surface area contributed by atoms with E-state index in [2.05, 4.69) is 27.4 Å². The minimum Gasteiger partial charge on any atom is -0.424 e. The lowest BCUT2D eigenvalue weighted by atomic mass is 9.90. The summed E-state index contributed by atoms with van der Waals surface area (Å²) in [5.74, 6) is 0.304. The van der Waals surface area contributed by atoms with Crippen LogP contribution >= 0.6 is 11.6 Å². The van der Waals surface area contributed by atoms with Crippen LogP contribution in [0.25, 0.3) is 16.8 Å². The second-order valence-electron chi connectivity index (χ2n) is 8.49. The lowest BCUT2D eigenvalue weighted by Gasteiger charge is -2.40. The Kier molecular flexibility index (Phi) is 5.76. The van der Waals surface area contributed by atoms with Gasteiger partial charge in [-0.15, -0.1) is 0 Å². The summed E-state index contributed by atoms with van der Waals surface area (Å²) < 4.78 is 5.81. The maximum atomic E-state index is 13.8. The van der Waals surface area contributed by atoms with Crippen LogP contribution < -0.4 is 5.32 Å². The van der Waals surface area contributed by atoms with Crippen molar-refractivity contribution in [3.05, 3.63) is 64.9 Å². The van der Waals surface area contributed by atoms with Gasteiger partial charge in [-0.05, 0) is 55.5 Å². The normalized spacial score (nSPS) is 18.6. The molecule has 33 heavy (non-hydrogen) atoms. The number of rotatable bonds is 5. The lowest BCUT2D eigenvalue weighted by molar-refractivity contribution is 0.0539. The van der Waals surface area contributed by atoms with Gasteiger partial charge in [-0.1, -0.05) is 30.7 Å². The fraction of sp³-hybridized carbons (Fsp3) is 0.333. The van der Waals surface area contributed by atoms with Crippen LogP contribution in [0.5, 0.6) is 0 Å². The van der Waals surface area contributed by atoms with E-state index in [0.717, 1.165) is 18.4 Å². The van der Waals surface area contributed by atoms with Crippen molar-refractivity contribution in [1.82, 2.24) is 24.9 Å². The number of aromatic nitrogens is 4. The van der Waals surface area contributed by atoms with Crippen LogP contribution in [0.1, 0.15) is 35.7 Å². The van der Waals surface area contributed by atoms with Gasteiger partial charge in [0.1, 0.15) is 11.2 Å². The van der Waals surface area contributed by atoms with Gasteiger partial charge < -0.3 is 14.6 Å². The molecule has 1 aliphatic heterocycles. The number of hydrogen-bond acceptors (Lipinski definition) is 6. The van der Waals surface area contributed by atoms with Crippen LogP contribution in [0.4, 0.5) is 6.01 Å². The van der Waals surface area contributed by atoms with E-state index < -0.39 is 0 Å². The average molecular weight is 465 g/mol. The molecule has 1 N–H and O–H groups in total. The molecular formula is C24H25ClN6O2. The number of oxazole rings is 1. The van der Waals surface area contributed by atoms with Crippen molar-refractivity contribution in [3.63, 3.8) is 0 Å². The van der Waals surface area contributed by atoms with Gasteiger partial charge >= 0.3 is 0 Å². The maximum Gasteiger partial charge on any atom is 0.295 e. The first kappa shape index (κ1) is 21.5. The zero-order chi connectivity index (χ0) is 22.9. The molecular weight excluding hydrogens is 440 g/mol. The molecule has 1 fully saturated rings. The van der Waals surface area contributed by atoms with Crippen LogP contribution in [0, 0.1) is 12.8 Å². The monoisotopic (exact) mass is 464 g/mol. The third kappa shape index (κ3) is 4.18. The number of piperidine rings is 1. The topological polar surface area (TPSA) is 89.1 Å². The fourth-order valence-electron chi connectivity index (χ4n) is 4.56. The summed E-state index contributed by atoms with van der Waals surface area (Å²) in [7, 11) is 0. The Bertz CT molecular complexity index is 1290. The van der Waals surface area contributed by atoms with Crippen molar-refractivity contribution in [3.8, 4) is 5.69 Å². The predicted octanol–water partition coefficient (Wildman–Crippen LogP) is 4.72. The molecule has 8 nitrogen and oxygen atoms in total.